The number of nitrogens with two attached hydrogens (primary N) is 1. The summed E-state index contributed by atoms with van der Waals surface area (Å²) < 4.78 is 5.44. The maximum Gasteiger partial charge on any atom is 0.260 e. The third-order valence-electron chi connectivity index (χ3n) is 3.80. The summed E-state index contributed by atoms with van der Waals surface area (Å²) in [4.78, 5) is 24.7. The Hall–Kier alpha value is -2.55. The summed E-state index contributed by atoms with van der Waals surface area (Å²) in [7, 11) is 0. The summed E-state index contributed by atoms with van der Waals surface area (Å²) >= 11 is 0. The Kier molecular flexibility index (Phi) is 5.37. The Labute approximate surface area is 129 Å². The number of likely N-dealkylation sites (tertiary alicyclic amines) is 1. The van der Waals surface area contributed by atoms with Crippen molar-refractivity contribution in [3.05, 3.63) is 29.8 Å². The van der Waals surface area contributed by atoms with Crippen LogP contribution in [-0.4, -0.2) is 36.4 Å². The summed E-state index contributed by atoms with van der Waals surface area (Å²) in [5.41, 5.74) is 5.74. The Morgan fingerprint density at radius 1 is 1.27 bits per heavy atom. The van der Waals surface area contributed by atoms with Crippen LogP contribution in [0.15, 0.2) is 24.3 Å². The van der Waals surface area contributed by atoms with Crippen LogP contribution < -0.4 is 10.5 Å². The van der Waals surface area contributed by atoms with Crippen molar-refractivity contribution in [2.75, 3.05) is 19.7 Å². The molecule has 0 atom stereocenters. The van der Waals surface area contributed by atoms with Gasteiger partial charge in [0.05, 0.1) is 11.6 Å². The number of ether oxygens (including phenoxy) is 1. The molecule has 0 saturated carbocycles. The molecule has 6 nitrogen and oxygen atoms in total. The molecule has 1 aliphatic rings. The Morgan fingerprint density at radius 3 is 2.45 bits per heavy atom. The van der Waals surface area contributed by atoms with E-state index in [-0.39, 0.29) is 24.3 Å². The van der Waals surface area contributed by atoms with E-state index in [0.29, 0.717) is 30.8 Å². The van der Waals surface area contributed by atoms with Crippen molar-refractivity contribution in [2.24, 2.45) is 11.7 Å². The van der Waals surface area contributed by atoms with E-state index in [9.17, 15) is 9.59 Å². The molecule has 0 radical (unpaired) electrons. The van der Waals surface area contributed by atoms with Crippen LogP contribution in [0, 0.1) is 17.2 Å². The summed E-state index contributed by atoms with van der Waals surface area (Å²) in [6, 6.07) is 8.66. The second kappa shape index (κ2) is 7.46. The molecule has 0 aliphatic carbocycles. The van der Waals surface area contributed by atoms with Crippen molar-refractivity contribution in [2.45, 2.75) is 19.3 Å². The lowest BCUT2D eigenvalue weighted by atomic mass is 9.93. The van der Waals surface area contributed by atoms with E-state index < -0.39 is 0 Å². The normalized spacial score (nSPS) is 15.1. The number of carbonyl (C=O) groups is 2. The number of nitriles is 1. The third kappa shape index (κ3) is 4.48. The molecule has 1 heterocycles. The zero-order chi connectivity index (χ0) is 15.9. The highest BCUT2D eigenvalue weighted by molar-refractivity contribution is 5.78. The van der Waals surface area contributed by atoms with Gasteiger partial charge in [-0.25, -0.2) is 0 Å². The Morgan fingerprint density at radius 2 is 1.91 bits per heavy atom. The lowest BCUT2D eigenvalue weighted by Crippen LogP contribution is -2.41. The van der Waals surface area contributed by atoms with E-state index in [1.54, 1.807) is 29.2 Å². The third-order valence-corrected chi connectivity index (χ3v) is 3.80. The lowest BCUT2D eigenvalue weighted by molar-refractivity contribution is -0.134. The number of nitrogens with zero attached hydrogens (tertiary/aromatic N) is 2. The fourth-order valence-electron chi connectivity index (χ4n) is 2.53. The summed E-state index contributed by atoms with van der Waals surface area (Å²) in [5, 5.41) is 8.71. The number of rotatable bonds is 5. The number of benzene rings is 1. The quantitative estimate of drug-likeness (QED) is 0.879. The summed E-state index contributed by atoms with van der Waals surface area (Å²) in [6.07, 6.45) is 1.99. The standard InChI is InChI=1S/C16H19N3O3/c17-10-13-1-3-14(4-2-13)22-11-16(21)19-7-5-12(6-8-19)9-15(18)20/h1-4,12H,5-9,11H2,(H2,18,20). The van der Waals surface area contributed by atoms with Gasteiger partial charge in [0, 0.05) is 19.5 Å². The molecule has 1 saturated heterocycles. The smallest absolute Gasteiger partial charge is 0.260 e. The number of hydrogen-bond donors (Lipinski definition) is 1. The molecule has 22 heavy (non-hydrogen) atoms. The van der Waals surface area contributed by atoms with Gasteiger partial charge >= 0.3 is 0 Å². The van der Waals surface area contributed by atoms with Crippen LogP contribution in [0.4, 0.5) is 0 Å². The van der Waals surface area contributed by atoms with Gasteiger partial charge in [0.1, 0.15) is 5.75 Å². The number of hydrogen-bond acceptors (Lipinski definition) is 4. The second-order valence-corrected chi connectivity index (χ2v) is 5.42. The number of carbonyl (C=O) groups excluding carboxylic acids is 2. The SMILES string of the molecule is N#Cc1ccc(OCC(=O)N2CCC(CC(N)=O)CC2)cc1. The van der Waals surface area contributed by atoms with E-state index in [0.717, 1.165) is 12.8 Å². The van der Waals surface area contributed by atoms with E-state index in [2.05, 4.69) is 0 Å². The highest BCUT2D eigenvalue weighted by Crippen LogP contribution is 2.20. The number of piperidine rings is 1. The molecule has 0 bridgehead atoms. The van der Waals surface area contributed by atoms with E-state index in [4.69, 9.17) is 15.7 Å². The number of primary amides is 1. The lowest BCUT2D eigenvalue weighted by Gasteiger charge is -2.31. The predicted octanol–water partition coefficient (Wildman–Crippen LogP) is 1.05. The first-order chi connectivity index (χ1) is 10.6. The van der Waals surface area contributed by atoms with Crippen molar-refractivity contribution >= 4 is 11.8 Å². The van der Waals surface area contributed by atoms with Crippen molar-refractivity contribution < 1.29 is 14.3 Å². The average Bonchev–Trinajstić information content (AvgIpc) is 2.53. The molecule has 1 aromatic rings. The van der Waals surface area contributed by atoms with Crippen LogP contribution in [0.1, 0.15) is 24.8 Å². The molecule has 116 valence electrons. The van der Waals surface area contributed by atoms with Gasteiger partial charge in [-0.1, -0.05) is 0 Å². The van der Waals surface area contributed by atoms with Gasteiger partial charge in [-0.3, -0.25) is 9.59 Å². The van der Waals surface area contributed by atoms with Crippen molar-refractivity contribution in [1.82, 2.24) is 4.90 Å². The topological polar surface area (TPSA) is 96.4 Å². The molecule has 0 spiro atoms. The molecule has 1 aliphatic heterocycles. The highest BCUT2D eigenvalue weighted by Gasteiger charge is 2.23. The molecule has 2 N–H and O–H groups in total. The Bertz CT molecular complexity index is 569. The first-order valence-corrected chi connectivity index (χ1v) is 7.27. The largest absolute Gasteiger partial charge is 0.484 e. The van der Waals surface area contributed by atoms with E-state index in [1.807, 2.05) is 6.07 Å². The molecule has 1 fully saturated rings. The van der Waals surface area contributed by atoms with Gasteiger partial charge in [0.2, 0.25) is 5.91 Å². The van der Waals surface area contributed by atoms with Crippen molar-refractivity contribution in [3.63, 3.8) is 0 Å². The fraction of sp³-hybridized carbons (Fsp3) is 0.438. The van der Waals surface area contributed by atoms with Crippen molar-refractivity contribution in [3.8, 4) is 11.8 Å². The minimum Gasteiger partial charge on any atom is -0.484 e. The first-order valence-electron chi connectivity index (χ1n) is 7.27. The minimum absolute atomic E-state index is 0.0214. The maximum absolute atomic E-state index is 12.1. The van der Waals surface area contributed by atoms with Gasteiger partial charge in [-0.15, -0.1) is 0 Å². The van der Waals surface area contributed by atoms with Gasteiger partial charge in [-0.05, 0) is 43.0 Å². The Balaban J connectivity index is 1.76. The molecular weight excluding hydrogens is 282 g/mol. The van der Waals surface area contributed by atoms with Gasteiger partial charge in [0.25, 0.3) is 5.91 Å². The molecule has 1 aromatic carbocycles. The van der Waals surface area contributed by atoms with Crippen molar-refractivity contribution in [1.29, 1.82) is 5.26 Å². The van der Waals surface area contributed by atoms with E-state index >= 15 is 0 Å². The predicted molar refractivity (Wildman–Crippen MR) is 79.8 cm³/mol. The molecule has 2 amide bonds. The van der Waals surface area contributed by atoms with Crippen LogP contribution >= 0.6 is 0 Å². The fourth-order valence-corrected chi connectivity index (χ4v) is 2.53. The van der Waals surface area contributed by atoms with Crippen LogP contribution in [-0.2, 0) is 9.59 Å². The first kappa shape index (κ1) is 15.8. The highest BCUT2D eigenvalue weighted by atomic mass is 16.5. The molecule has 6 heteroatoms. The summed E-state index contributed by atoms with van der Waals surface area (Å²) in [5.74, 6) is 0.493. The second-order valence-electron chi connectivity index (χ2n) is 5.42. The summed E-state index contributed by atoms with van der Waals surface area (Å²) in [6.45, 7) is 1.24. The maximum atomic E-state index is 12.1. The van der Waals surface area contributed by atoms with Crippen LogP contribution in [0.5, 0.6) is 5.75 Å². The minimum atomic E-state index is -0.283. The monoisotopic (exact) mass is 301 g/mol. The molecule has 0 aromatic heterocycles. The zero-order valence-electron chi connectivity index (χ0n) is 12.3. The zero-order valence-corrected chi connectivity index (χ0v) is 12.3. The van der Waals surface area contributed by atoms with Crippen LogP contribution in [0.3, 0.4) is 0 Å². The van der Waals surface area contributed by atoms with Gasteiger partial charge in [-0.2, -0.15) is 5.26 Å². The van der Waals surface area contributed by atoms with Gasteiger partial charge < -0.3 is 15.4 Å². The molecule has 2 rings (SSSR count). The average molecular weight is 301 g/mol. The molecular formula is C16H19N3O3. The molecule has 0 unspecified atom stereocenters. The number of amides is 2. The van der Waals surface area contributed by atoms with Gasteiger partial charge in [0.15, 0.2) is 6.61 Å². The van der Waals surface area contributed by atoms with E-state index in [1.165, 1.54) is 0 Å². The van der Waals surface area contributed by atoms with Crippen LogP contribution in [0.25, 0.3) is 0 Å². The van der Waals surface area contributed by atoms with Crippen LogP contribution in [0.2, 0.25) is 0 Å².